The van der Waals surface area contributed by atoms with Gasteiger partial charge >= 0.3 is 0 Å². The molecule has 0 N–H and O–H groups in total. The number of aryl methyl sites for hydroxylation is 1. The van der Waals surface area contributed by atoms with Crippen LogP contribution in [0.2, 0.25) is 0 Å². The fraction of sp³-hybridized carbons (Fsp3) is 0.333. The van der Waals surface area contributed by atoms with Gasteiger partial charge in [0.15, 0.2) is 5.69 Å². The van der Waals surface area contributed by atoms with Crippen molar-refractivity contribution in [2.45, 2.75) is 6.92 Å². The fourth-order valence-corrected chi connectivity index (χ4v) is 1.71. The highest BCUT2D eigenvalue weighted by Crippen LogP contribution is 2.19. The molecule has 0 spiro atoms. The van der Waals surface area contributed by atoms with E-state index >= 15 is 0 Å². The Morgan fingerprint density at radius 1 is 1.47 bits per heavy atom. The van der Waals surface area contributed by atoms with Crippen LogP contribution >= 0.6 is 0 Å². The first-order valence-electron chi connectivity index (χ1n) is 5.29. The van der Waals surface area contributed by atoms with Crippen molar-refractivity contribution in [3.8, 4) is 5.75 Å². The number of methoxy groups -OCH3 is 1. The molecule has 5 heteroatoms. The summed E-state index contributed by atoms with van der Waals surface area (Å²) in [4.78, 5) is 17.8. The average Bonchev–Trinajstić information content (AvgIpc) is 2.65. The summed E-state index contributed by atoms with van der Waals surface area (Å²) in [6.45, 7) is 1.87. The van der Waals surface area contributed by atoms with E-state index < -0.39 is 0 Å². The van der Waals surface area contributed by atoms with Gasteiger partial charge in [-0.25, -0.2) is 4.98 Å². The molecule has 0 unspecified atom stereocenters. The number of hydrogen-bond acceptors (Lipinski definition) is 3. The molecule has 0 aliphatic heterocycles. The zero-order chi connectivity index (χ0) is 12.6. The summed E-state index contributed by atoms with van der Waals surface area (Å²) in [6, 6.07) is 3.66. The van der Waals surface area contributed by atoms with Gasteiger partial charge in [-0.2, -0.15) is 0 Å². The third-order valence-corrected chi connectivity index (χ3v) is 2.64. The molecule has 2 aromatic rings. The van der Waals surface area contributed by atoms with Gasteiger partial charge in [0.25, 0.3) is 5.91 Å². The summed E-state index contributed by atoms with van der Waals surface area (Å²) in [5, 5.41) is 0. The molecule has 0 aliphatic rings. The van der Waals surface area contributed by atoms with Crippen LogP contribution in [0.4, 0.5) is 0 Å². The van der Waals surface area contributed by atoms with Crippen LogP contribution in [0.15, 0.2) is 18.3 Å². The predicted octanol–water partition coefficient (Wildman–Crippen LogP) is 1.35. The van der Waals surface area contributed by atoms with Crippen molar-refractivity contribution in [1.29, 1.82) is 0 Å². The van der Waals surface area contributed by atoms with Crippen molar-refractivity contribution in [2.24, 2.45) is 0 Å². The van der Waals surface area contributed by atoms with E-state index in [1.54, 1.807) is 21.2 Å². The van der Waals surface area contributed by atoms with E-state index in [1.165, 1.54) is 4.90 Å². The van der Waals surface area contributed by atoms with Crippen LogP contribution in [0.5, 0.6) is 5.75 Å². The number of imidazole rings is 1. The largest absolute Gasteiger partial charge is 0.497 e. The zero-order valence-corrected chi connectivity index (χ0v) is 10.4. The highest BCUT2D eigenvalue weighted by atomic mass is 16.5. The molecule has 90 valence electrons. The fourth-order valence-electron chi connectivity index (χ4n) is 1.71. The predicted molar refractivity (Wildman–Crippen MR) is 64.5 cm³/mol. The van der Waals surface area contributed by atoms with Crippen LogP contribution in [0.1, 0.15) is 16.3 Å². The normalized spacial score (nSPS) is 10.6. The molecule has 0 saturated heterocycles. The van der Waals surface area contributed by atoms with Gasteiger partial charge < -0.3 is 14.0 Å². The molecule has 0 saturated carbocycles. The molecule has 0 fully saturated rings. The van der Waals surface area contributed by atoms with Crippen LogP contribution in [0, 0.1) is 6.92 Å². The van der Waals surface area contributed by atoms with E-state index in [0.717, 1.165) is 11.3 Å². The van der Waals surface area contributed by atoms with Crippen molar-refractivity contribution < 1.29 is 9.53 Å². The number of nitrogens with zero attached hydrogens (tertiary/aromatic N) is 3. The maximum absolute atomic E-state index is 12.0. The Morgan fingerprint density at radius 2 is 2.18 bits per heavy atom. The molecule has 1 amide bonds. The minimum Gasteiger partial charge on any atom is -0.497 e. The number of rotatable bonds is 2. The van der Waals surface area contributed by atoms with Crippen molar-refractivity contribution in [3.05, 3.63) is 29.8 Å². The Hall–Kier alpha value is -2.04. The smallest absolute Gasteiger partial charge is 0.274 e. The molecular formula is C12H15N3O2. The van der Waals surface area contributed by atoms with Gasteiger partial charge in [-0.3, -0.25) is 4.79 Å². The number of carbonyl (C=O) groups excluding carboxylic acids is 1. The van der Waals surface area contributed by atoms with Gasteiger partial charge in [-0.1, -0.05) is 0 Å². The van der Waals surface area contributed by atoms with E-state index in [1.807, 2.05) is 29.7 Å². The number of aromatic nitrogens is 2. The van der Waals surface area contributed by atoms with Crippen molar-refractivity contribution in [3.63, 3.8) is 0 Å². The molecule has 5 nitrogen and oxygen atoms in total. The maximum atomic E-state index is 12.0. The molecule has 0 radical (unpaired) electrons. The number of ether oxygens (including phenoxy) is 1. The quantitative estimate of drug-likeness (QED) is 0.786. The second-order valence-electron chi connectivity index (χ2n) is 4.03. The summed E-state index contributed by atoms with van der Waals surface area (Å²) in [7, 11) is 5.02. The standard InChI is InChI=1S/C12H15N3O2/c1-8-13-11(12(16)14(2)3)10-7-9(17-4)5-6-15(8)10/h5-7H,1-4H3. The summed E-state index contributed by atoms with van der Waals surface area (Å²) in [5.74, 6) is 1.39. The molecule has 17 heavy (non-hydrogen) atoms. The molecule has 2 rings (SSSR count). The van der Waals surface area contributed by atoms with Crippen molar-refractivity contribution >= 4 is 11.4 Å². The Bertz CT molecular complexity index is 572. The molecule has 2 aromatic heterocycles. The lowest BCUT2D eigenvalue weighted by atomic mass is 10.3. The molecule has 0 aromatic carbocycles. The van der Waals surface area contributed by atoms with Gasteiger partial charge in [0.05, 0.1) is 12.6 Å². The Labute approximate surface area is 99.6 Å². The number of pyridine rings is 1. The lowest BCUT2D eigenvalue weighted by molar-refractivity contribution is 0.0824. The molecule has 0 bridgehead atoms. The first kappa shape index (κ1) is 11.4. The topological polar surface area (TPSA) is 46.8 Å². The lowest BCUT2D eigenvalue weighted by Crippen LogP contribution is -2.22. The molecule has 2 heterocycles. The first-order valence-corrected chi connectivity index (χ1v) is 5.29. The summed E-state index contributed by atoms with van der Waals surface area (Å²) in [6.07, 6.45) is 1.85. The lowest BCUT2D eigenvalue weighted by Gasteiger charge is -2.08. The molecular weight excluding hydrogens is 218 g/mol. The zero-order valence-electron chi connectivity index (χ0n) is 10.4. The number of carbonyl (C=O) groups is 1. The minimum absolute atomic E-state index is 0.108. The monoisotopic (exact) mass is 233 g/mol. The summed E-state index contributed by atoms with van der Waals surface area (Å²) >= 11 is 0. The van der Waals surface area contributed by atoms with Gasteiger partial charge in [-0.15, -0.1) is 0 Å². The molecule has 0 atom stereocenters. The SMILES string of the molecule is COc1ccn2c(C)nc(C(=O)N(C)C)c2c1. The van der Waals surface area contributed by atoms with E-state index in [-0.39, 0.29) is 5.91 Å². The Morgan fingerprint density at radius 3 is 2.76 bits per heavy atom. The summed E-state index contributed by atoms with van der Waals surface area (Å²) in [5.41, 5.74) is 1.21. The first-order chi connectivity index (χ1) is 8.04. The minimum atomic E-state index is -0.108. The average molecular weight is 233 g/mol. The number of amides is 1. The van der Waals surface area contributed by atoms with Crippen molar-refractivity contribution in [1.82, 2.24) is 14.3 Å². The second-order valence-corrected chi connectivity index (χ2v) is 4.03. The van der Waals surface area contributed by atoms with E-state index in [2.05, 4.69) is 4.98 Å². The van der Waals surface area contributed by atoms with Gasteiger partial charge in [0.2, 0.25) is 0 Å². The van der Waals surface area contributed by atoms with Crippen LogP contribution < -0.4 is 4.74 Å². The molecule has 0 aliphatic carbocycles. The van der Waals surface area contributed by atoms with Gasteiger partial charge in [0.1, 0.15) is 11.6 Å². The van der Waals surface area contributed by atoms with E-state index in [4.69, 9.17) is 4.74 Å². The Balaban J connectivity index is 2.67. The van der Waals surface area contributed by atoms with Gasteiger partial charge in [0, 0.05) is 26.4 Å². The maximum Gasteiger partial charge on any atom is 0.274 e. The number of hydrogen-bond donors (Lipinski definition) is 0. The van der Waals surface area contributed by atoms with Gasteiger partial charge in [-0.05, 0) is 13.0 Å². The summed E-state index contributed by atoms with van der Waals surface area (Å²) < 4.78 is 7.04. The highest BCUT2D eigenvalue weighted by molar-refractivity contribution is 5.99. The van der Waals surface area contributed by atoms with Crippen LogP contribution in [0.3, 0.4) is 0 Å². The second kappa shape index (κ2) is 4.08. The van der Waals surface area contributed by atoms with E-state index in [9.17, 15) is 4.79 Å². The van der Waals surface area contributed by atoms with Crippen LogP contribution in [0.25, 0.3) is 5.52 Å². The third kappa shape index (κ3) is 1.84. The third-order valence-electron chi connectivity index (χ3n) is 2.64. The highest BCUT2D eigenvalue weighted by Gasteiger charge is 2.17. The van der Waals surface area contributed by atoms with Crippen molar-refractivity contribution in [2.75, 3.05) is 21.2 Å². The van der Waals surface area contributed by atoms with Crippen LogP contribution in [-0.2, 0) is 0 Å². The van der Waals surface area contributed by atoms with E-state index in [0.29, 0.717) is 11.4 Å². The number of fused-ring (bicyclic) bond motifs is 1. The Kier molecular flexibility index (Phi) is 2.75. The van der Waals surface area contributed by atoms with Crippen LogP contribution in [-0.4, -0.2) is 41.4 Å².